The second kappa shape index (κ2) is 5.12. The van der Waals surface area contributed by atoms with E-state index in [1.165, 1.54) is 0 Å². The summed E-state index contributed by atoms with van der Waals surface area (Å²) in [5.41, 5.74) is 0. The maximum atomic E-state index is 10.4. The van der Waals surface area contributed by atoms with Gasteiger partial charge < -0.3 is 4.42 Å². The summed E-state index contributed by atoms with van der Waals surface area (Å²) in [6.07, 6.45) is 0.732. The fraction of sp³-hybridized carbons (Fsp3) is 0.583. The van der Waals surface area contributed by atoms with Gasteiger partial charge in [-0.1, -0.05) is 13.8 Å². The van der Waals surface area contributed by atoms with E-state index in [-0.39, 0.29) is 0 Å². The number of aldehydes is 1. The minimum atomic E-state index is 0.399. The Bertz CT molecular complexity index is 317. The van der Waals surface area contributed by atoms with Gasteiger partial charge in [-0.05, 0) is 32.0 Å². The molecule has 0 spiro atoms. The van der Waals surface area contributed by atoms with Crippen LogP contribution in [0.15, 0.2) is 16.5 Å². The van der Waals surface area contributed by atoms with Gasteiger partial charge in [-0.25, -0.2) is 0 Å². The van der Waals surface area contributed by atoms with E-state index in [9.17, 15) is 4.79 Å². The minimum absolute atomic E-state index is 0.399. The van der Waals surface area contributed by atoms with Crippen LogP contribution in [0.1, 0.15) is 37.1 Å². The van der Waals surface area contributed by atoms with Gasteiger partial charge in [0.25, 0.3) is 0 Å². The van der Waals surface area contributed by atoms with Gasteiger partial charge in [-0.15, -0.1) is 0 Å². The molecular formula is C12H19NO2. The number of hydrogen-bond acceptors (Lipinski definition) is 3. The average Bonchev–Trinajstić information content (AvgIpc) is 2.64. The van der Waals surface area contributed by atoms with Crippen LogP contribution >= 0.6 is 0 Å². The summed E-state index contributed by atoms with van der Waals surface area (Å²) in [5, 5.41) is 0. The van der Waals surface area contributed by atoms with Crippen molar-refractivity contribution in [2.75, 3.05) is 7.05 Å². The zero-order chi connectivity index (χ0) is 11.4. The molecule has 1 unspecified atom stereocenters. The van der Waals surface area contributed by atoms with Crippen molar-refractivity contribution in [3.05, 3.63) is 23.7 Å². The molecule has 0 saturated heterocycles. The first-order valence-electron chi connectivity index (χ1n) is 5.28. The summed E-state index contributed by atoms with van der Waals surface area (Å²) >= 11 is 0. The highest BCUT2D eigenvalue weighted by Gasteiger charge is 2.14. The lowest BCUT2D eigenvalue weighted by Gasteiger charge is -2.26. The summed E-state index contributed by atoms with van der Waals surface area (Å²) in [7, 11) is 2.06. The molecular weight excluding hydrogens is 190 g/mol. The number of carbonyl (C=O) groups excluding carboxylic acids is 1. The Labute approximate surface area is 91.1 Å². The molecule has 0 aliphatic carbocycles. The van der Waals surface area contributed by atoms with Gasteiger partial charge in [0.15, 0.2) is 12.0 Å². The quantitative estimate of drug-likeness (QED) is 0.699. The Hall–Kier alpha value is -1.09. The van der Waals surface area contributed by atoms with E-state index in [1.54, 1.807) is 6.07 Å². The number of nitrogens with zero attached hydrogens (tertiary/aromatic N) is 1. The summed E-state index contributed by atoms with van der Waals surface area (Å²) < 4.78 is 5.32. The van der Waals surface area contributed by atoms with Crippen molar-refractivity contribution >= 4 is 6.29 Å². The maximum Gasteiger partial charge on any atom is 0.185 e. The number of hydrogen-bond donors (Lipinski definition) is 0. The largest absolute Gasteiger partial charge is 0.457 e. The first kappa shape index (κ1) is 12.0. The van der Waals surface area contributed by atoms with Crippen LogP contribution in [0.4, 0.5) is 0 Å². The van der Waals surface area contributed by atoms with E-state index >= 15 is 0 Å². The van der Waals surface area contributed by atoms with Crippen molar-refractivity contribution in [2.24, 2.45) is 5.92 Å². The highest BCUT2D eigenvalue weighted by atomic mass is 16.3. The van der Waals surface area contributed by atoms with Crippen molar-refractivity contribution in [1.29, 1.82) is 0 Å². The van der Waals surface area contributed by atoms with E-state index in [0.29, 0.717) is 17.7 Å². The highest BCUT2D eigenvalue weighted by Crippen LogP contribution is 2.13. The van der Waals surface area contributed by atoms with Crippen molar-refractivity contribution in [3.63, 3.8) is 0 Å². The van der Waals surface area contributed by atoms with Gasteiger partial charge in [-0.3, -0.25) is 9.69 Å². The molecule has 1 aromatic rings. The molecule has 1 rings (SSSR count). The fourth-order valence-electron chi connectivity index (χ4n) is 1.44. The fourth-order valence-corrected chi connectivity index (χ4v) is 1.44. The maximum absolute atomic E-state index is 10.4. The summed E-state index contributed by atoms with van der Waals surface area (Å²) in [6, 6.07) is 4.05. The topological polar surface area (TPSA) is 33.5 Å². The lowest BCUT2D eigenvalue weighted by molar-refractivity contribution is 0.109. The zero-order valence-electron chi connectivity index (χ0n) is 9.86. The third-order valence-corrected chi connectivity index (χ3v) is 2.86. The Balaban J connectivity index is 2.57. The normalized spacial score (nSPS) is 13.5. The average molecular weight is 209 g/mol. The van der Waals surface area contributed by atoms with Crippen LogP contribution in [-0.4, -0.2) is 24.3 Å². The van der Waals surface area contributed by atoms with Gasteiger partial charge in [-0.2, -0.15) is 0 Å². The van der Waals surface area contributed by atoms with Crippen molar-refractivity contribution < 1.29 is 9.21 Å². The molecule has 15 heavy (non-hydrogen) atoms. The molecule has 0 radical (unpaired) electrons. The first-order valence-corrected chi connectivity index (χ1v) is 5.28. The van der Waals surface area contributed by atoms with Crippen LogP contribution in [0.3, 0.4) is 0 Å². The van der Waals surface area contributed by atoms with Crippen LogP contribution in [0.25, 0.3) is 0 Å². The molecule has 0 amide bonds. The molecule has 3 heteroatoms. The van der Waals surface area contributed by atoms with Gasteiger partial charge in [0.1, 0.15) is 5.76 Å². The lowest BCUT2D eigenvalue weighted by atomic mass is 10.1. The van der Waals surface area contributed by atoms with Crippen LogP contribution in [0.5, 0.6) is 0 Å². The third-order valence-electron chi connectivity index (χ3n) is 2.86. The molecule has 0 aromatic carbocycles. The van der Waals surface area contributed by atoms with Crippen LogP contribution in [-0.2, 0) is 6.54 Å². The van der Waals surface area contributed by atoms with Crippen molar-refractivity contribution in [3.8, 4) is 0 Å². The Kier molecular flexibility index (Phi) is 4.09. The standard InChI is InChI=1S/C12H19NO2/c1-9(2)10(3)13(4)7-11-5-6-12(8-14)15-11/h5-6,8-10H,7H2,1-4H3. The first-order chi connectivity index (χ1) is 7.04. The van der Waals surface area contributed by atoms with E-state index in [1.807, 2.05) is 6.07 Å². The van der Waals surface area contributed by atoms with Crippen molar-refractivity contribution in [2.45, 2.75) is 33.4 Å². The number of furan rings is 1. The number of carbonyl (C=O) groups is 1. The summed E-state index contributed by atoms with van der Waals surface area (Å²) in [6.45, 7) is 7.32. The predicted octanol–water partition coefficient (Wildman–Crippen LogP) is 2.57. The molecule has 1 atom stereocenters. The van der Waals surface area contributed by atoms with Gasteiger partial charge in [0, 0.05) is 6.04 Å². The summed E-state index contributed by atoms with van der Waals surface area (Å²) in [5.74, 6) is 1.85. The van der Waals surface area contributed by atoms with Gasteiger partial charge in [0.2, 0.25) is 0 Å². The highest BCUT2D eigenvalue weighted by molar-refractivity contribution is 5.70. The van der Waals surface area contributed by atoms with E-state index < -0.39 is 0 Å². The molecule has 3 nitrogen and oxygen atoms in total. The van der Waals surface area contributed by atoms with Crippen molar-refractivity contribution in [1.82, 2.24) is 4.90 Å². The molecule has 0 aliphatic heterocycles. The van der Waals surface area contributed by atoms with E-state index in [4.69, 9.17) is 4.42 Å². The third kappa shape index (κ3) is 3.20. The lowest BCUT2D eigenvalue weighted by Crippen LogP contribution is -2.32. The smallest absolute Gasteiger partial charge is 0.185 e. The summed E-state index contributed by atoms with van der Waals surface area (Å²) in [4.78, 5) is 12.7. The molecule has 84 valence electrons. The minimum Gasteiger partial charge on any atom is -0.457 e. The van der Waals surface area contributed by atoms with Crippen LogP contribution < -0.4 is 0 Å². The predicted molar refractivity (Wildman–Crippen MR) is 59.9 cm³/mol. The van der Waals surface area contributed by atoms with Gasteiger partial charge in [0.05, 0.1) is 6.54 Å². The Morgan fingerprint density at radius 1 is 1.40 bits per heavy atom. The SMILES string of the molecule is CC(C)C(C)N(C)Cc1ccc(C=O)o1. The number of rotatable bonds is 5. The molecule has 0 aliphatic rings. The van der Waals surface area contributed by atoms with E-state index in [0.717, 1.165) is 18.6 Å². The Morgan fingerprint density at radius 3 is 2.53 bits per heavy atom. The molecule has 0 fully saturated rings. The van der Waals surface area contributed by atoms with E-state index in [2.05, 4.69) is 32.7 Å². The second-order valence-electron chi connectivity index (χ2n) is 4.32. The second-order valence-corrected chi connectivity index (χ2v) is 4.32. The van der Waals surface area contributed by atoms with Crippen LogP contribution in [0, 0.1) is 5.92 Å². The molecule has 0 N–H and O–H groups in total. The van der Waals surface area contributed by atoms with Gasteiger partial charge >= 0.3 is 0 Å². The molecule has 1 heterocycles. The van der Waals surface area contributed by atoms with Crippen LogP contribution in [0.2, 0.25) is 0 Å². The monoisotopic (exact) mass is 209 g/mol. The Morgan fingerprint density at radius 2 is 2.07 bits per heavy atom. The molecule has 1 aromatic heterocycles. The zero-order valence-corrected chi connectivity index (χ0v) is 9.86. The molecule has 0 bridgehead atoms. The molecule has 0 saturated carbocycles.